The van der Waals surface area contributed by atoms with E-state index < -0.39 is 0 Å². The van der Waals surface area contributed by atoms with Crippen LogP contribution in [0.3, 0.4) is 0 Å². The summed E-state index contributed by atoms with van der Waals surface area (Å²) in [6.45, 7) is 7.69. The van der Waals surface area contributed by atoms with Crippen LogP contribution in [0, 0.1) is 6.92 Å². The van der Waals surface area contributed by atoms with Gasteiger partial charge in [-0.15, -0.1) is 0 Å². The van der Waals surface area contributed by atoms with Gasteiger partial charge in [-0.1, -0.05) is 11.1 Å². The van der Waals surface area contributed by atoms with Crippen LogP contribution in [0.1, 0.15) is 36.3 Å². The van der Waals surface area contributed by atoms with Crippen LogP contribution >= 0.6 is 0 Å². The Labute approximate surface area is 102 Å². The second-order valence-electron chi connectivity index (χ2n) is 4.67. The Morgan fingerprint density at radius 1 is 1.29 bits per heavy atom. The molecule has 0 saturated heterocycles. The van der Waals surface area contributed by atoms with Crippen molar-refractivity contribution in [2.45, 2.75) is 27.2 Å². The van der Waals surface area contributed by atoms with Crippen LogP contribution in [0.25, 0.3) is 0 Å². The molecule has 2 rings (SSSR count). The lowest BCUT2D eigenvalue weighted by atomic mass is 10.0. The third-order valence-corrected chi connectivity index (χ3v) is 3.44. The Morgan fingerprint density at radius 2 is 2.06 bits per heavy atom. The van der Waals surface area contributed by atoms with Crippen LogP contribution in [0.15, 0.2) is 29.5 Å². The fraction of sp³-hybridized carbons (Fsp3) is 0.429. The maximum absolute atomic E-state index is 12.3. The zero-order chi connectivity index (χ0) is 12.4. The Kier molecular flexibility index (Phi) is 3.27. The van der Waals surface area contributed by atoms with Gasteiger partial charge in [0.1, 0.15) is 0 Å². The van der Waals surface area contributed by atoms with Crippen molar-refractivity contribution < 1.29 is 4.79 Å². The molecule has 0 atom stereocenters. The number of carbonyl (C=O) groups excluding carboxylic acids is 1. The van der Waals surface area contributed by atoms with E-state index >= 15 is 0 Å². The number of hydrogen-bond acceptors (Lipinski definition) is 2. The summed E-state index contributed by atoms with van der Waals surface area (Å²) in [7, 11) is 0. The van der Waals surface area contributed by atoms with Crippen molar-refractivity contribution in [3.63, 3.8) is 0 Å². The Hall–Kier alpha value is -1.64. The molecule has 1 aliphatic heterocycles. The summed E-state index contributed by atoms with van der Waals surface area (Å²) in [4.78, 5) is 18.4. The van der Waals surface area contributed by atoms with E-state index in [2.05, 4.69) is 18.8 Å². The minimum Gasteiger partial charge on any atom is -0.334 e. The van der Waals surface area contributed by atoms with Gasteiger partial charge in [-0.2, -0.15) is 0 Å². The highest BCUT2D eigenvalue weighted by Crippen LogP contribution is 2.19. The predicted octanol–water partition coefficient (Wildman–Crippen LogP) is 2.57. The second kappa shape index (κ2) is 4.70. The zero-order valence-corrected chi connectivity index (χ0v) is 10.7. The van der Waals surface area contributed by atoms with Crippen LogP contribution in [0.5, 0.6) is 0 Å². The molecule has 0 unspecified atom stereocenters. The molecule has 1 amide bonds. The van der Waals surface area contributed by atoms with E-state index in [0.717, 1.165) is 30.8 Å². The number of nitrogens with zero attached hydrogens (tertiary/aromatic N) is 2. The van der Waals surface area contributed by atoms with Crippen LogP contribution < -0.4 is 0 Å². The van der Waals surface area contributed by atoms with E-state index in [1.807, 2.05) is 24.0 Å². The number of pyridine rings is 1. The lowest BCUT2D eigenvalue weighted by Gasteiger charge is -2.29. The molecule has 90 valence electrons. The summed E-state index contributed by atoms with van der Waals surface area (Å²) >= 11 is 0. The van der Waals surface area contributed by atoms with E-state index in [1.165, 1.54) is 11.1 Å². The maximum atomic E-state index is 12.3. The summed E-state index contributed by atoms with van der Waals surface area (Å²) < 4.78 is 0. The summed E-state index contributed by atoms with van der Waals surface area (Å²) in [5.74, 6) is 0.0995. The normalized spacial score (nSPS) is 16.3. The average molecular weight is 230 g/mol. The molecule has 1 aliphatic rings. The van der Waals surface area contributed by atoms with Gasteiger partial charge in [0.05, 0.1) is 5.56 Å². The van der Waals surface area contributed by atoms with Crippen LogP contribution in [-0.4, -0.2) is 28.9 Å². The second-order valence-corrected chi connectivity index (χ2v) is 4.67. The number of rotatable bonds is 1. The van der Waals surface area contributed by atoms with E-state index in [9.17, 15) is 4.79 Å². The lowest BCUT2D eigenvalue weighted by molar-refractivity contribution is 0.0762. The molecule has 17 heavy (non-hydrogen) atoms. The first-order chi connectivity index (χ1) is 8.09. The van der Waals surface area contributed by atoms with Gasteiger partial charge in [0.15, 0.2) is 0 Å². The highest BCUT2D eigenvalue weighted by molar-refractivity contribution is 5.95. The molecule has 2 heterocycles. The molecular weight excluding hydrogens is 212 g/mol. The van der Waals surface area contributed by atoms with Gasteiger partial charge in [-0.3, -0.25) is 9.78 Å². The van der Waals surface area contributed by atoms with E-state index in [-0.39, 0.29) is 5.91 Å². The fourth-order valence-electron chi connectivity index (χ4n) is 2.07. The maximum Gasteiger partial charge on any atom is 0.255 e. The number of amides is 1. The highest BCUT2D eigenvalue weighted by atomic mass is 16.2. The quantitative estimate of drug-likeness (QED) is 0.695. The topological polar surface area (TPSA) is 33.2 Å². The number of aromatic nitrogens is 1. The minimum atomic E-state index is 0.0995. The minimum absolute atomic E-state index is 0.0995. The van der Waals surface area contributed by atoms with E-state index in [1.54, 1.807) is 6.20 Å². The SMILES string of the molecule is CC1=C(C)CN(C(=O)c2cccnc2C)CC1. The predicted molar refractivity (Wildman–Crippen MR) is 67.9 cm³/mol. The smallest absolute Gasteiger partial charge is 0.255 e. The molecule has 0 fully saturated rings. The van der Waals surface area contributed by atoms with Crippen molar-refractivity contribution in [2.75, 3.05) is 13.1 Å². The largest absolute Gasteiger partial charge is 0.334 e. The highest BCUT2D eigenvalue weighted by Gasteiger charge is 2.21. The van der Waals surface area contributed by atoms with Gasteiger partial charge >= 0.3 is 0 Å². The molecule has 0 N–H and O–H groups in total. The molecular formula is C14H18N2O. The Balaban J connectivity index is 2.20. The molecule has 0 aromatic carbocycles. The van der Waals surface area contributed by atoms with Crippen molar-refractivity contribution in [1.29, 1.82) is 0 Å². The van der Waals surface area contributed by atoms with Gasteiger partial charge in [0.25, 0.3) is 5.91 Å². The Morgan fingerprint density at radius 3 is 2.71 bits per heavy atom. The summed E-state index contributed by atoms with van der Waals surface area (Å²) in [5, 5.41) is 0. The summed E-state index contributed by atoms with van der Waals surface area (Å²) in [6.07, 6.45) is 2.70. The summed E-state index contributed by atoms with van der Waals surface area (Å²) in [6, 6.07) is 3.67. The molecule has 1 aromatic rings. The molecule has 0 aliphatic carbocycles. The Bertz CT molecular complexity index is 477. The van der Waals surface area contributed by atoms with Crippen LogP contribution in [0.2, 0.25) is 0 Å². The number of carbonyl (C=O) groups is 1. The van der Waals surface area contributed by atoms with Crippen LogP contribution in [-0.2, 0) is 0 Å². The number of hydrogen-bond donors (Lipinski definition) is 0. The molecule has 0 saturated carbocycles. The first-order valence-corrected chi connectivity index (χ1v) is 5.95. The van der Waals surface area contributed by atoms with Gasteiger partial charge in [0.2, 0.25) is 0 Å². The third kappa shape index (κ3) is 2.38. The zero-order valence-electron chi connectivity index (χ0n) is 10.7. The van der Waals surface area contributed by atoms with Gasteiger partial charge in [0, 0.05) is 25.0 Å². The molecule has 0 spiro atoms. The molecule has 0 bridgehead atoms. The molecule has 0 radical (unpaired) electrons. The molecule has 1 aromatic heterocycles. The van der Waals surface area contributed by atoms with Crippen molar-refractivity contribution in [1.82, 2.24) is 9.88 Å². The van der Waals surface area contributed by atoms with Crippen molar-refractivity contribution >= 4 is 5.91 Å². The summed E-state index contributed by atoms with van der Waals surface area (Å²) in [5.41, 5.74) is 4.25. The first kappa shape index (κ1) is 11.8. The standard InChI is InChI=1S/C14H18N2O/c1-10-6-8-16(9-11(10)2)14(17)13-5-4-7-15-12(13)3/h4-5,7H,6,8-9H2,1-3H3. The third-order valence-electron chi connectivity index (χ3n) is 3.44. The van der Waals surface area contributed by atoms with Crippen molar-refractivity contribution in [3.8, 4) is 0 Å². The van der Waals surface area contributed by atoms with Gasteiger partial charge < -0.3 is 4.90 Å². The molecule has 3 nitrogen and oxygen atoms in total. The number of aryl methyl sites for hydroxylation is 1. The van der Waals surface area contributed by atoms with Crippen LogP contribution in [0.4, 0.5) is 0 Å². The van der Waals surface area contributed by atoms with Crippen molar-refractivity contribution in [2.24, 2.45) is 0 Å². The van der Waals surface area contributed by atoms with Gasteiger partial charge in [-0.05, 0) is 39.3 Å². The van der Waals surface area contributed by atoms with E-state index in [4.69, 9.17) is 0 Å². The monoisotopic (exact) mass is 230 g/mol. The molecule has 3 heteroatoms. The van der Waals surface area contributed by atoms with Gasteiger partial charge in [-0.25, -0.2) is 0 Å². The lowest BCUT2D eigenvalue weighted by Crippen LogP contribution is -2.36. The van der Waals surface area contributed by atoms with Crippen molar-refractivity contribution in [3.05, 3.63) is 40.7 Å². The fourth-order valence-corrected chi connectivity index (χ4v) is 2.07. The van der Waals surface area contributed by atoms with E-state index in [0.29, 0.717) is 0 Å². The first-order valence-electron chi connectivity index (χ1n) is 5.95. The average Bonchev–Trinajstić information content (AvgIpc) is 2.32.